The number of hydrogen-bond donors (Lipinski definition) is 1. The monoisotopic (exact) mass is 248 g/mol. The Bertz CT molecular complexity index is 263. The molecule has 0 saturated carbocycles. The van der Waals surface area contributed by atoms with Crippen LogP contribution in [-0.4, -0.2) is 35.7 Å². The second-order valence-corrected chi connectivity index (χ2v) is 4.95. The van der Waals surface area contributed by atoms with Crippen molar-refractivity contribution in [1.29, 1.82) is 0 Å². The number of nitrogens with zero attached hydrogens (tertiary/aromatic N) is 1. The molecule has 0 aromatic rings. The molecule has 1 aliphatic rings. The first-order chi connectivity index (χ1) is 6.83. The van der Waals surface area contributed by atoms with Gasteiger partial charge in [-0.25, -0.2) is 4.79 Å². The van der Waals surface area contributed by atoms with E-state index in [1.165, 1.54) is 0 Å². The maximum Gasteiger partial charge on any atom is 0.410 e. The zero-order valence-electron chi connectivity index (χ0n) is 10.1. The molecular weight excluding hydrogens is 228 g/mol. The van der Waals surface area contributed by atoms with Crippen LogP contribution in [0, 0.1) is 5.92 Å². The second-order valence-electron chi connectivity index (χ2n) is 4.95. The van der Waals surface area contributed by atoms with Gasteiger partial charge in [0.1, 0.15) is 5.60 Å². The normalized spacial score (nSPS) is 24.9. The van der Waals surface area contributed by atoms with E-state index in [9.17, 15) is 4.79 Å². The summed E-state index contributed by atoms with van der Waals surface area (Å²) in [5.41, 5.74) is 5.41. The molecule has 0 aliphatic carbocycles. The van der Waals surface area contributed by atoms with Crippen molar-refractivity contribution >= 4 is 18.5 Å². The van der Waals surface area contributed by atoms with Gasteiger partial charge in [0.2, 0.25) is 0 Å². The molecule has 1 rings (SSSR count). The van der Waals surface area contributed by atoms with Crippen molar-refractivity contribution in [3.05, 3.63) is 12.7 Å². The van der Waals surface area contributed by atoms with Gasteiger partial charge in [-0.05, 0) is 20.8 Å². The van der Waals surface area contributed by atoms with Crippen molar-refractivity contribution in [3.63, 3.8) is 0 Å². The quantitative estimate of drug-likeness (QED) is 0.720. The Hall–Kier alpha value is -0.740. The van der Waals surface area contributed by atoms with Crippen molar-refractivity contribution in [2.75, 3.05) is 13.1 Å². The molecule has 1 heterocycles. The molecule has 0 unspecified atom stereocenters. The summed E-state index contributed by atoms with van der Waals surface area (Å²) in [7, 11) is 0. The van der Waals surface area contributed by atoms with Gasteiger partial charge in [-0.3, -0.25) is 0 Å². The predicted octanol–water partition coefficient (Wildman–Crippen LogP) is 1.79. The topological polar surface area (TPSA) is 55.6 Å². The minimum Gasteiger partial charge on any atom is -0.444 e. The smallest absolute Gasteiger partial charge is 0.410 e. The van der Waals surface area contributed by atoms with Gasteiger partial charge in [0.25, 0.3) is 0 Å². The van der Waals surface area contributed by atoms with Crippen molar-refractivity contribution < 1.29 is 9.53 Å². The van der Waals surface area contributed by atoms with E-state index >= 15 is 0 Å². The average molecular weight is 249 g/mol. The number of rotatable bonds is 1. The van der Waals surface area contributed by atoms with Gasteiger partial charge >= 0.3 is 6.09 Å². The molecule has 94 valence electrons. The lowest BCUT2D eigenvalue weighted by Crippen LogP contribution is -2.36. The van der Waals surface area contributed by atoms with Crippen molar-refractivity contribution in [2.45, 2.75) is 32.4 Å². The average Bonchev–Trinajstić information content (AvgIpc) is 2.43. The largest absolute Gasteiger partial charge is 0.444 e. The predicted molar refractivity (Wildman–Crippen MR) is 66.7 cm³/mol. The standard InChI is InChI=1S/C11H20N2O2.ClH/c1-5-8-6-13(7-9(8)12)10(14)15-11(2,3)4;/h5,8-9H,1,6-7,12H2,2-4H3;1H/t8-,9+;/m0./s1. The number of halogens is 1. The van der Waals surface area contributed by atoms with Gasteiger partial charge in [0.05, 0.1) is 0 Å². The summed E-state index contributed by atoms with van der Waals surface area (Å²) < 4.78 is 5.26. The fourth-order valence-corrected chi connectivity index (χ4v) is 1.58. The summed E-state index contributed by atoms with van der Waals surface area (Å²) in [6, 6.07) is -0.0185. The zero-order chi connectivity index (χ0) is 11.6. The Morgan fingerprint density at radius 2 is 2.06 bits per heavy atom. The second kappa shape index (κ2) is 5.55. The third kappa shape index (κ3) is 4.02. The molecule has 4 nitrogen and oxygen atoms in total. The van der Waals surface area contributed by atoms with Crippen LogP contribution in [0.3, 0.4) is 0 Å². The fraction of sp³-hybridized carbons (Fsp3) is 0.727. The first-order valence-corrected chi connectivity index (χ1v) is 5.19. The van der Waals surface area contributed by atoms with Gasteiger partial charge in [0.15, 0.2) is 0 Å². The lowest BCUT2D eigenvalue weighted by atomic mass is 10.1. The Kier molecular flexibility index (Phi) is 5.29. The first-order valence-electron chi connectivity index (χ1n) is 5.19. The van der Waals surface area contributed by atoms with Gasteiger partial charge in [0, 0.05) is 25.0 Å². The number of hydrogen-bond acceptors (Lipinski definition) is 3. The molecule has 2 atom stereocenters. The van der Waals surface area contributed by atoms with Gasteiger partial charge < -0.3 is 15.4 Å². The van der Waals surface area contributed by atoms with Crippen LogP contribution in [0.1, 0.15) is 20.8 Å². The van der Waals surface area contributed by atoms with Crippen molar-refractivity contribution in [2.24, 2.45) is 11.7 Å². The van der Waals surface area contributed by atoms with E-state index in [2.05, 4.69) is 6.58 Å². The molecule has 0 spiro atoms. The highest BCUT2D eigenvalue weighted by Gasteiger charge is 2.33. The van der Waals surface area contributed by atoms with Crippen LogP contribution >= 0.6 is 12.4 Å². The maximum absolute atomic E-state index is 11.7. The first kappa shape index (κ1) is 15.3. The Morgan fingerprint density at radius 3 is 2.44 bits per heavy atom. The number of ether oxygens (including phenoxy) is 1. The third-order valence-electron chi connectivity index (χ3n) is 2.37. The van der Waals surface area contributed by atoms with E-state index in [0.29, 0.717) is 13.1 Å². The molecule has 2 N–H and O–H groups in total. The maximum atomic E-state index is 11.7. The van der Waals surface area contributed by atoms with Gasteiger partial charge in [-0.2, -0.15) is 0 Å². The highest BCUT2D eigenvalue weighted by molar-refractivity contribution is 5.85. The van der Waals surface area contributed by atoms with E-state index < -0.39 is 5.60 Å². The lowest BCUT2D eigenvalue weighted by Gasteiger charge is -2.24. The number of nitrogens with two attached hydrogens (primary N) is 1. The van der Waals surface area contributed by atoms with Crippen molar-refractivity contribution in [1.82, 2.24) is 4.90 Å². The fourth-order valence-electron chi connectivity index (χ4n) is 1.58. The van der Waals surface area contributed by atoms with E-state index in [1.807, 2.05) is 20.8 Å². The molecule has 16 heavy (non-hydrogen) atoms. The SMILES string of the molecule is C=C[C@H]1CN(C(=O)OC(C)(C)C)C[C@H]1N.Cl. The van der Waals surface area contributed by atoms with E-state index in [4.69, 9.17) is 10.5 Å². The van der Waals surface area contributed by atoms with Gasteiger partial charge in [-0.1, -0.05) is 6.08 Å². The summed E-state index contributed by atoms with van der Waals surface area (Å²) >= 11 is 0. The summed E-state index contributed by atoms with van der Waals surface area (Å²) in [4.78, 5) is 13.3. The highest BCUT2D eigenvalue weighted by atomic mass is 35.5. The number of likely N-dealkylation sites (tertiary alicyclic amines) is 1. The van der Waals surface area contributed by atoms with Crippen molar-refractivity contribution in [3.8, 4) is 0 Å². The molecule has 1 aliphatic heterocycles. The number of carbonyl (C=O) groups excluding carboxylic acids is 1. The van der Waals surface area contributed by atoms with Crippen LogP contribution in [0.15, 0.2) is 12.7 Å². The Labute approximate surface area is 103 Å². The molecule has 1 saturated heterocycles. The third-order valence-corrected chi connectivity index (χ3v) is 2.37. The van der Waals surface area contributed by atoms with Crippen LogP contribution in [0.4, 0.5) is 4.79 Å². The Balaban J connectivity index is 0.00000225. The van der Waals surface area contributed by atoms with E-state index in [1.54, 1.807) is 11.0 Å². The molecule has 5 heteroatoms. The minimum atomic E-state index is -0.451. The van der Waals surface area contributed by atoms with E-state index in [0.717, 1.165) is 0 Å². The summed E-state index contributed by atoms with van der Waals surface area (Å²) in [6.45, 7) is 10.4. The van der Waals surface area contributed by atoms with Crippen LogP contribution in [0.5, 0.6) is 0 Å². The molecular formula is C11H21ClN2O2. The van der Waals surface area contributed by atoms with Crippen LogP contribution in [0.2, 0.25) is 0 Å². The molecule has 0 aromatic carbocycles. The van der Waals surface area contributed by atoms with Crippen LogP contribution < -0.4 is 5.73 Å². The molecule has 0 bridgehead atoms. The molecule has 0 radical (unpaired) electrons. The number of carbonyl (C=O) groups is 1. The van der Waals surface area contributed by atoms with Crippen LogP contribution in [0.25, 0.3) is 0 Å². The van der Waals surface area contributed by atoms with Crippen LogP contribution in [-0.2, 0) is 4.74 Å². The summed E-state index contributed by atoms with van der Waals surface area (Å²) in [6.07, 6.45) is 1.51. The summed E-state index contributed by atoms with van der Waals surface area (Å²) in [5.74, 6) is 0.178. The Morgan fingerprint density at radius 1 is 1.50 bits per heavy atom. The minimum absolute atomic E-state index is 0. The van der Waals surface area contributed by atoms with Gasteiger partial charge in [-0.15, -0.1) is 19.0 Å². The number of amides is 1. The molecule has 0 aromatic heterocycles. The molecule has 1 amide bonds. The molecule has 1 fully saturated rings. The highest BCUT2D eigenvalue weighted by Crippen LogP contribution is 2.19. The van der Waals surface area contributed by atoms with E-state index in [-0.39, 0.29) is 30.5 Å². The summed E-state index contributed by atoms with van der Waals surface area (Å²) in [5, 5.41) is 0. The lowest BCUT2D eigenvalue weighted by molar-refractivity contribution is 0.0289. The zero-order valence-corrected chi connectivity index (χ0v) is 10.9.